The van der Waals surface area contributed by atoms with Crippen molar-refractivity contribution >= 4 is 23.5 Å². The predicted molar refractivity (Wildman–Crippen MR) is 153 cm³/mol. The van der Waals surface area contributed by atoms with E-state index >= 15 is 0 Å². The largest absolute Gasteiger partial charge is 0.494 e. The summed E-state index contributed by atoms with van der Waals surface area (Å²) < 4.78 is 3.20. The number of fused-ring (bicyclic) bond motifs is 2. The topological polar surface area (TPSA) is 105 Å². The summed E-state index contributed by atoms with van der Waals surface area (Å²) in [7, 11) is 0. The molecule has 0 amide bonds. The molecular weight excluding hydrogens is 520 g/mol. The highest BCUT2D eigenvalue weighted by Gasteiger charge is 2.46. The van der Waals surface area contributed by atoms with E-state index in [9.17, 15) is 24.9 Å². The average molecular weight is 561 g/mol. The second-order valence-corrected chi connectivity index (χ2v) is 14.1. The molecule has 0 spiro atoms. The summed E-state index contributed by atoms with van der Waals surface area (Å²) in [6.45, 7) is 3.99. The van der Waals surface area contributed by atoms with Crippen LogP contribution in [0.15, 0.2) is 31.5 Å². The molecule has 38 heavy (non-hydrogen) atoms. The summed E-state index contributed by atoms with van der Waals surface area (Å²) >= 11 is 3.27. The Labute approximate surface area is 232 Å². The SMILES string of the molecule is CC(C)(CCCCC(O)CCCCC1(n2c(O)c3c(cc2=O)SCC3)CC1)n1c(O)c2c(cc1=O)SCC2. The molecule has 3 aliphatic rings. The molecule has 1 atom stereocenters. The lowest BCUT2D eigenvalue weighted by Crippen LogP contribution is -2.36. The molecule has 2 aromatic heterocycles. The van der Waals surface area contributed by atoms with Gasteiger partial charge in [-0.1, -0.05) is 25.7 Å². The number of unbranched alkanes of at least 4 members (excludes halogenated alkanes) is 2. The molecule has 5 rings (SSSR count). The van der Waals surface area contributed by atoms with Crippen molar-refractivity contribution in [2.24, 2.45) is 0 Å². The number of rotatable bonds is 12. The Morgan fingerprint density at radius 2 is 1.47 bits per heavy atom. The number of aromatic nitrogens is 2. The maximum Gasteiger partial charge on any atom is 0.254 e. The molecule has 0 saturated heterocycles. The van der Waals surface area contributed by atoms with E-state index in [4.69, 9.17) is 0 Å². The fourth-order valence-electron chi connectivity index (χ4n) is 6.28. The lowest BCUT2D eigenvalue weighted by molar-refractivity contribution is 0.144. The summed E-state index contributed by atoms with van der Waals surface area (Å²) in [4.78, 5) is 27.3. The van der Waals surface area contributed by atoms with E-state index in [-0.39, 0.29) is 34.5 Å². The Bertz CT molecular complexity index is 1220. The predicted octanol–water partition coefficient (Wildman–Crippen LogP) is 5.12. The van der Waals surface area contributed by atoms with Crippen LogP contribution in [0.2, 0.25) is 0 Å². The van der Waals surface area contributed by atoms with Crippen LogP contribution in [0.5, 0.6) is 11.8 Å². The molecule has 0 bridgehead atoms. The van der Waals surface area contributed by atoms with Gasteiger partial charge in [-0.3, -0.25) is 18.7 Å². The van der Waals surface area contributed by atoms with Gasteiger partial charge in [-0.2, -0.15) is 0 Å². The number of nitrogens with zero attached hydrogens (tertiary/aromatic N) is 2. The monoisotopic (exact) mass is 560 g/mol. The fraction of sp³-hybridized carbons (Fsp3) is 0.655. The third-order valence-electron chi connectivity index (χ3n) is 8.64. The Morgan fingerprint density at radius 1 is 0.895 bits per heavy atom. The van der Waals surface area contributed by atoms with E-state index in [0.29, 0.717) is 6.42 Å². The minimum Gasteiger partial charge on any atom is -0.494 e. The van der Waals surface area contributed by atoms with Crippen LogP contribution in [0.4, 0.5) is 0 Å². The third kappa shape index (κ3) is 5.43. The number of pyridine rings is 2. The molecule has 1 saturated carbocycles. The zero-order valence-corrected chi connectivity index (χ0v) is 24.1. The molecule has 0 radical (unpaired) electrons. The number of aliphatic hydroxyl groups is 1. The van der Waals surface area contributed by atoms with Crippen LogP contribution >= 0.6 is 23.5 Å². The zero-order chi connectivity index (χ0) is 27.1. The maximum absolute atomic E-state index is 12.7. The highest BCUT2D eigenvalue weighted by Crippen LogP contribution is 2.50. The highest BCUT2D eigenvalue weighted by molar-refractivity contribution is 7.99. The van der Waals surface area contributed by atoms with Gasteiger partial charge in [-0.15, -0.1) is 23.5 Å². The van der Waals surface area contributed by atoms with Crippen molar-refractivity contribution in [3.63, 3.8) is 0 Å². The van der Waals surface area contributed by atoms with Gasteiger partial charge in [0.15, 0.2) is 11.8 Å². The number of hydrogen-bond acceptors (Lipinski definition) is 7. The lowest BCUT2D eigenvalue weighted by Gasteiger charge is -2.29. The van der Waals surface area contributed by atoms with Crippen molar-refractivity contribution in [2.45, 2.75) is 118 Å². The Hall–Kier alpha value is -1.84. The minimum absolute atomic E-state index is 0.0922. The lowest BCUT2D eigenvalue weighted by atomic mass is 9.94. The number of thioether (sulfide) groups is 2. The van der Waals surface area contributed by atoms with E-state index in [1.54, 1.807) is 44.8 Å². The van der Waals surface area contributed by atoms with Crippen molar-refractivity contribution < 1.29 is 15.3 Å². The van der Waals surface area contributed by atoms with Gasteiger partial charge < -0.3 is 15.3 Å². The van der Waals surface area contributed by atoms with Crippen LogP contribution in [-0.4, -0.2) is 42.1 Å². The first-order valence-electron chi connectivity index (χ1n) is 14.0. The average Bonchev–Trinajstić information content (AvgIpc) is 3.23. The Balaban J connectivity index is 1.06. The first-order valence-corrected chi connectivity index (χ1v) is 16.0. The molecule has 3 N–H and O–H groups in total. The first-order chi connectivity index (χ1) is 18.1. The van der Waals surface area contributed by atoms with Gasteiger partial charge in [-0.25, -0.2) is 0 Å². The maximum atomic E-state index is 12.7. The summed E-state index contributed by atoms with van der Waals surface area (Å²) in [5, 5.41) is 32.1. The molecule has 9 heteroatoms. The van der Waals surface area contributed by atoms with Crippen molar-refractivity contribution in [1.29, 1.82) is 0 Å². The summed E-state index contributed by atoms with van der Waals surface area (Å²) in [6.07, 6.45) is 9.66. The summed E-state index contributed by atoms with van der Waals surface area (Å²) in [5.74, 6) is 2.11. The van der Waals surface area contributed by atoms with Crippen LogP contribution < -0.4 is 11.1 Å². The van der Waals surface area contributed by atoms with E-state index in [1.165, 1.54) is 0 Å². The number of aliphatic hydroxyl groups excluding tert-OH is 1. The van der Waals surface area contributed by atoms with Crippen molar-refractivity contribution in [2.75, 3.05) is 11.5 Å². The molecule has 1 fully saturated rings. The van der Waals surface area contributed by atoms with E-state index in [1.807, 2.05) is 13.8 Å². The second-order valence-electron chi connectivity index (χ2n) is 11.8. The molecule has 1 unspecified atom stereocenters. The van der Waals surface area contributed by atoms with Crippen LogP contribution in [0.25, 0.3) is 0 Å². The molecule has 1 aliphatic carbocycles. The summed E-state index contributed by atoms with van der Waals surface area (Å²) in [6, 6.07) is 3.35. The van der Waals surface area contributed by atoms with Crippen molar-refractivity contribution in [3.8, 4) is 11.8 Å². The highest BCUT2D eigenvalue weighted by atomic mass is 32.2. The minimum atomic E-state index is -0.493. The van der Waals surface area contributed by atoms with Crippen LogP contribution in [0.1, 0.15) is 89.2 Å². The molecule has 2 aromatic rings. The number of aromatic hydroxyl groups is 2. The Morgan fingerprint density at radius 3 is 2.11 bits per heavy atom. The van der Waals surface area contributed by atoms with Gasteiger partial charge in [0, 0.05) is 50.1 Å². The smallest absolute Gasteiger partial charge is 0.254 e. The molecule has 2 aliphatic heterocycles. The quantitative estimate of drug-likeness (QED) is 0.309. The van der Waals surface area contributed by atoms with Crippen LogP contribution in [0, 0.1) is 0 Å². The van der Waals surface area contributed by atoms with Gasteiger partial charge in [0.05, 0.1) is 11.6 Å². The van der Waals surface area contributed by atoms with Crippen molar-refractivity contribution in [3.05, 3.63) is 44.0 Å². The second kappa shape index (κ2) is 11.0. The zero-order valence-electron chi connectivity index (χ0n) is 22.5. The van der Waals surface area contributed by atoms with Crippen molar-refractivity contribution in [1.82, 2.24) is 9.13 Å². The van der Waals surface area contributed by atoms with Gasteiger partial charge >= 0.3 is 0 Å². The van der Waals surface area contributed by atoms with E-state index < -0.39 is 5.54 Å². The van der Waals surface area contributed by atoms with Crippen LogP contribution in [0.3, 0.4) is 0 Å². The van der Waals surface area contributed by atoms with E-state index in [0.717, 1.165) is 103 Å². The number of hydrogen-bond donors (Lipinski definition) is 3. The summed E-state index contributed by atoms with van der Waals surface area (Å²) in [5.41, 5.74) is 0.831. The Kier molecular flexibility index (Phi) is 8.00. The third-order valence-corrected chi connectivity index (χ3v) is 10.8. The van der Waals surface area contributed by atoms with Gasteiger partial charge in [0.1, 0.15) is 0 Å². The molecule has 7 nitrogen and oxygen atoms in total. The fourth-order valence-corrected chi connectivity index (χ4v) is 8.44. The van der Waals surface area contributed by atoms with Gasteiger partial charge in [0.25, 0.3) is 11.1 Å². The molecular formula is C29H40N2O5S2. The standard InChI is InChI=1S/C29H40N2O5S2/c1-28(2,30-24(33)17-22-20(26(30)35)9-15-37-22)11-5-3-7-19(32)8-4-6-12-29(13-14-29)31-25(34)18-23-21(27(31)36)10-16-38-23/h17-19,32,35-36H,3-16H2,1-2H3. The van der Waals surface area contributed by atoms with Crippen LogP contribution in [-0.2, 0) is 23.9 Å². The first kappa shape index (κ1) is 27.7. The van der Waals surface area contributed by atoms with Gasteiger partial charge in [-0.05, 0) is 65.2 Å². The molecule has 208 valence electrons. The van der Waals surface area contributed by atoms with E-state index in [2.05, 4.69) is 0 Å². The normalized spacial score (nSPS) is 18.4. The molecule has 0 aromatic carbocycles. The van der Waals surface area contributed by atoms with Gasteiger partial charge in [0.2, 0.25) is 0 Å². The molecule has 4 heterocycles.